The number of hydroxylamine groups is 1. The van der Waals surface area contributed by atoms with E-state index in [1.54, 1.807) is 0 Å². The molecule has 1 aliphatic rings. The lowest BCUT2D eigenvalue weighted by Crippen LogP contribution is -2.40. The molecule has 1 saturated heterocycles. The molecule has 1 amide bonds. The summed E-state index contributed by atoms with van der Waals surface area (Å²) in [6, 6.07) is 32.3. The third-order valence-corrected chi connectivity index (χ3v) is 10.2. The van der Waals surface area contributed by atoms with Crippen molar-refractivity contribution in [3.8, 4) is 33.8 Å². The molecule has 0 aliphatic carbocycles. The largest absolute Gasteiger partial charge is 0.341 e. The average molecular weight is 724 g/mol. The number of likely N-dealkylation sites (tertiary alicyclic amines) is 1. The van der Waals surface area contributed by atoms with Crippen LogP contribution < -0.4 is 5.48 Å². The highest BCUT2D eigenvalue weighted by molar-refractivity contribution is 5.84. The van der Waals surface area contributed by atoms with Crippen molar-refractivity contribution in [3.05, 3.63) is 138 Å². The summed E-state index contributed by atoms with van der Waals surface area (Å²) in [5.41, 5.74) is 11.0. The van der Waals surface area contributed by atoms with Crippen LogP contribution in [0.15, 0.2) is 116 Å². The van der Waals surface area contributed by atoms with Gasteiger partial charge >= 0.3 is 0 Å². The number of carbonyl (C=O) groups is 1. The molecule has 4 heterocycles. The number of hydrogen-bond acceptors (Lipinski definition) is 8. The first-order chi connectivity index (χ1) is 26.3. The van der Waals surface area contributed by atoms with Gasteiger partial charge in [-0.15, -0.1) is 0 Å². The minimum absolute atomic E-state index is 0.0947. The minimum atomic E-state index is -0.345. The Bertz CT molecular complexity index is 2090. The maximum Gasteiger partial charge on any atom is 0.245 e. The number of carbonyl (C=O) groups excluding carboxylic acids is 1. The number of pyridine rings is 1. The molecule has 3 aromatic heterocycles. The number of nitrogens with zero attached hydrogens (tertiary/aromatic N) is 6. The molecule has 11 nitrogen and oxygen atoms in total. The summed E-state index contributed by atoms with van der Waals surface area (Å²) in [5.74, 6) is 1.70. The number of nitrogens with one attached hydrogen (secondary N) is 3. The van der Waals surface area contributed by atoms with Crippen LogP contribution in [0.3, 0.4) is 0 Å². The van der Waals surface area contributed by atoms with Crippen LogP contribution in [0.1, 0.15) is 66.7 Å². The second-order valence-electron chi connectivity index (χ2n) is 14.4. The summed E-state index contributed by atoms with van der Waals surface area (Å²) in [7, 11) is 8.02. The van der Waals surface area contributed by atoms with Gasteiger partial charge in [0.2, 0.25) is 5.91 Å². The maximum atomic E-state index is 13.9. The molecular weight excluding hydrogens is 675 g/mol. The molecule has 1 fully saturated rings. The van der Waals surface area contributed by atoms with E-state index in [2.05, 4.69) is 81.9 Å². The van der Waals surface area contributed by atoms with E-state index in [-0.39, 0.29) is 30.1 Å². The molecule has 7 rings (SSSR count). The van der Waals surface area contributed by atoms with Crippen LogP contribution in [0, 0.1) is 0 Å². The van der Waals surface area contributed by atoms with Gasteiger partial charge in [0.05, 0.1) is 54.2 Å². The molecular formula is C43H49N9O2. The van der Waals surface area contributed by atoms with Crippen molar-refractivity contribution in [1.29, 1.82) is 0 Å². The van der Waals surface area contributed by atoms with Crippen LogP contribution in [0.2, 0.25) is 0 Å². The minimum Gasteiger partial charge on any atom is -0.341 e. The van der Waals surface area contributed by atoms with Crippen molar-refractivity contribution in [3.63, 3.8) is 0 Å². The molecule has 4 atom stereocenters. The predicted octanol–water partition coefficient (Wildman–Crippen LogP) is 7.38. The molecule has 0 unspecified atom stereocenters. The van der Waals surface area contributed by atoms with Crippen molar-refractivity contribution < 1.29 is 9.63 Å². The van der Waals surface area contributed by atoms with E-state index < -0.39 is 0 Å². The fourth-order valence-electron chi connectivity index (χ4n) is 7.20. The van der Waals surface area contributed by atoms with E-state index in [0.717, 1.165) is 63.8 Å². The molecule has 278 valence electrons. The summed E-state index contributed by atoms with van der Waals surface area (Å²) in [4.78, 5) is 47.0. The predicted molar refractivity (Wildman–Crippen MR) is 212 cm³/mol. The standard InChI is InChI=1S/C43H49N9O2/c1-29(49-54-28-39(50(2)3)32-13-8-6-9-14-32)41-45-26-36(47-41)31-20-18-30(19-21-31)35-23-22-34(25-44-35)37-27-46-42(48-37)38-17-12-24-52(38)43(53)40(51(4)5)33-15-10-7-11-16-33/h6-11,13-16,18-23,25-27,29,38-40,49H,12,17,24,28H2,1-5H3,(H,45,47)(H,46,48)/t29-,38-,39-,40+/m0/s1. The molecule has 0 spiro atoms. The highest BCUT2D eigenvalue weighted by Gasteiger charge is 2.37. The van der Waals surface area contributed by atoms with Gasteiger partial charge in [-0.3, -0.25) is 19.5 Å². The number of likely N-dealkylation sites (N-methyl/N-ethyl adjacent to an activating group) is 2. The topological polar surface area (TPSA) is 118 Å². The normalized spacial score (nSPS) is 16.2. The Kier molecular flexibility index (Phi) is 11.4. The Morgan fingerprint density at radius 3 is 2.09 bits per heavy atom. The number of aromatic nitrogens is 5. The van der Waals surface area contributed by atoms with Gasteiger partial charge in [0.25, 0.3) is 0 Å². The second-order valence-corrected chi connectivity index (χ2v) is 14.4. The quantitative estimate of drug-likeness (QED) is 0.0998. The lowest BCUT2D eigenvalue weighted by atomic mass is 10.0. The summed E-state index contributed by atoms with van der Waals surface area (Å²) in [6.45, 7) is 3.24. The summed E-state index contributed by atoms with van der Waals surface area (Å²) in [5, 5.41) is 0. The molecule has 0 bridgehead atoms. The zero-order chi connectivity index (χ0) is 37.6. The van der Waals surface area contributed by atoms with Gasteiger partial charge in [-0.2, -0.15) is 5.48 Å². The molecule has 1 aliphatic heterocycles. The van der Waals surface area contributed by atoms with E-state index in [1.165, 1.54) is 5.56 Å². The zero-order valence-corrected chi connectivity index (χ0v) is 31.6. The van der Waals surface area contributed by atoms with Crippen molar-refractivity contribution in [2.75, 3.05) is 41.3 Å². The van der Waals surface area contributed by atoms with Crippen molar-refractivity contribution >= 4 is 5.91 Å². The van der Waals surface area contributed by atoms with Crippen molar-refractivity contribution in [1.82, 2.24) is 45.1 Å². The summed E-state index contributed by atoms with van der Waals surface area (Å²) >= 11 is 0. The lowest BCUT2D eigenvalue weighted by Gasteiger charge is -2.31. The summed E-state index contributed by atoms with van der Waals surface area (Å²) < 4.78 is 0. The first-order valence-electron chi connectivity index (χ1n) is 18.5. The zero-order valence-electron chi connectivity index (χ0n) is 31.6. The van der Waals surface area contributed by atoms with Crippen LogP contribution in [0.5, 0.6) is 0 Å². The highest BCUT2D eigenvalue weighted by Crippen LogP contribution is 2.35. The van der Waals surface area contributed by atoms with Crippen molar-refractivity contribution in [2.24, 2.45) is 0 Å². The van der Waals surface area contributed by atoms with E-state index in [1.807, 2.05) is 104 Å². The maximum absolute atomic E-state index is 13.9. The monoisotopic (exact) mass is 723 g/mol. The molecule has 11 heteroatoms. The number of aromatic amines is 2. The molecule has 3 N–H and O–H groups in total. The van der Waals surface area contributed by atoms with Crippen LogP contribution >= 0.6 is 0 Å². The van der Waals surface area contributed by atoms with Gasteiger partial charge in [-0.25, -0.2) is 9.97 Å². The van der Waals surface area contributed by atoms with Gasteiger partial charge in [0.15, 0.2) is 0 Å². The van der Waals surface area contributed by atoms with Gasteiger partial charge in [-0.05, 0) is 76.8 Å². The van der Waals surface area contributed by atoms with E-state index in [4.69, 9.17) is 14.8 Å². The fourth-order valence-corrected chi connectivity index (χ4v) is 7.20. The fraction of sp³-hybridized carbons (Fsp3) is 0.302. The lowest BCUT2D eigenvalue weighted by molar-refractivity contribution is -0.137. The van der Waals surface area contributed by atoms with E-state index in [9.17, 15) is 4.79 Å². The van der Waals surface area contributed by atoms with E-state index >= 15 is 0 Å². The Balaban J connectivity index is 0.962. The Labute approximate surface area is 317 Å². The Morgan fingerprint density at radius 2 is 1.43 bits per heavy atom. The highest BCUT2D eigenvalue weighted by atomic mass is 16.6. The summed E-state index contributed by atoms with van der Waals surface area (Å²) in [6.07, 6.45) is 7.38. The number of H-pyrrole nitrogens is 2. The van der Waals surface area contributed by atoms with Gasteiger partial charge < -0.3 is 19.8 Å². The Hall–Kier alpha value is -5.46. The molecule has 6 aromatic rings. The third-order valence-electron chi connectivity index (χ3n) is 10.2. The van der Waals surface area contributed by atoms with E-state index in [0.29, 0.717) is 13.2 Å². The van der Waals surface area contributed by atoms with Crippen LogP contribution in [-0.2, 0) is 9.63 Å². The molecule has 3 aromatic carbocycles. The first-order valence-corrected chi connectivity index (χ1v) is 18.5. The van der Waals surface area contributed by atoms with Crippen LogP contribution in [-0.4, -0.2) is 86.9 Å². The van der Waals surface area contributed by atoms with Gasteiger partial charge in [0.1, 0.15) is 17.7 Å². The van der Waals surface area contributed by atoms with Gasteiger partial charge in [-0.1, -0.05) is 84.9 Å². The first kappa shape index (κ1) is 36.9. The molecule has 0 saturated carbocycles. The molecule has 54 heavy (non-hydrogen) atoms. The van der Waals surface area contributed by atoms with Crippen LogP contribution in [0.4, 0.5) is 0 Å². The Morgan fingerprint density at radius 1 is 0.778 bits per heavy atom. The van der Waals surface area contributed by atoms with Gasteiger partial charge in [0, 0.05) is 23.9 Å². The number of imidazole rings is 2. The number of amides is 1. The SMILES string of the molecule is C[C@H](NOC[C@@H](c1ccccc1)N(C)C)c1ncc(-c2ccc(-c3ccc(-c4cnc([C@@H]5CCCN5C(=O)[C@@H](c5ccccc5)N(C)C)[nH]4)cn3)cc2)[nH]1. The number of rotatable bonds is 14. The molecule has 0 radical (unpaired) electrons. The third kappa shape index (κ3) is 8.19. The van der Waals surface area contributed by atoms with Crippen molar-refractivity contribution in [2.45, 2.75) is 43.9 Å². The van der Waals surface area contributed by atoms with Crippen LogP contribution in [0.25, 0.3) is 33.8 Å². The number of benzene rings is 3. The second kappa shape index (κ2) is 16.7. The number of hydrogen-bond donors (Lipinski definition) is 3. The smallest absolute Gasteiger partial charge is 0.245 e. The average Bonchev–Trinajstić information content (AvgIpc) is 3.99.